The van der Waals surface area contributed by atoms with Gasteiger partial charge in [-0.1, -0.05) is 23.6 Å². The molecule has 7 heavy (non-hydrogen) atoms. The third-order valence-electron chi connectivity index (χ3n) is 0.480. The van der Waals surface area contributed by atoms with Crippen molar-refractivity contribution >= 4 is 35.1 Å². The highest BCUT2D eigenvalue weighted by molar-refractivity contribution is 7.76. The zero-order valence-corrected chi connectivity index (χ0v) is 6.12. The van der Waals surface area contributed by atoms with Gasteiger partial charge in [0.15, 0.2) is 3.14 Å². The molecule has 0 saturated carbocycles. The van der Waals surface area contributed by atoms with Gasteiger partial charge < -0.3 is 0 Å². The van der Waals surface area contributed by atoms with Gasteiger partial charge >= 0.3 is 0 Å². The van der Waals surface area contributed by atoms with Gasteiger partial charge in [0.1, 0.15) is 5.01 Å². The van der Waals surface area contributed by atoms with Gasteiger partial charge in [0.05, 0.1) is 0 Å². The summed E-state index contributed by atoms with van der Waals surface area (Å²) in [5.74, 6) is 0. The van der Waals surface area contributed by atoms with E-state index in [0.717, 1.165) is 8.15 Å². The highest BCUT2D eigenvalue weighted by Gasteiger charge is 1.84. The minimum atomic E-state index is 0.914. The first-order valence-electron chi connectivity index (χ1n) is 1.72. The molecule has 0 radical (unpaired) electrons. The number of aryl methyl sites for hydroxylation is 1. The minimum Gasteiger partial charge on any atom is -0.185 e. The van der Waals surface area contributed by atoms with Crippen molar-refractivity contribution < 1.29 is 0 Å². The molecule has 0 saturated heterocycles. The molecule has 0 spiro atoms. The van der Waals surface area contributed by atoms with Crippen LogP contribution in [-0.4, -0.2) is 4.37 Å². The average Bonchev–Trinajstić information content (AvgIpc) is 1.87. The Morgan fingerprint density at radius 1 is 1.71 bits per heavy atom. The number of hydrogen-bond donors (Lipinski definition) is 0. The van der Waals surface area contributed by atoms with Crippen molar-refractivity contribution in [3.05, 3.63) is 8.15 Å². The summed E-state index contributed by atoms with van der Waals surface area (Å²) in [6.45, 7) is 1.96. The van der Waals surface area contributed by atoms with Gasteiger partial charge in [-0.15, -0.1) is 0 Å². The average molecular weight is 149 g/mol. The Hall–Kier alpha value is 0.200. The van der Waals surface area contributed by atoms with Gasteiger partial charge in [-0.05, 0) is 18.5 Å². The second kappa shape index (κ2) is 1.98. The van der Waals surface area contributed by atoms with Crippen LogP contribution >= 0.6 is 35.1 Å². The second-order valence-corrected chi connectivity index (χ2v) is 4.21. The van der Waals surface area contributed by atoms with E-state index in [2.05, 4.69) is 4.37 Å². The molecule has 0 N–H and O–H groups in total. The summed E-state index contributed by atoms with van der Waals surface area (Å²) in [5.41, 5.74) is 0. The van der Waals surface area contributed by atoms with Crippen LogP contribution < -0.4 is 0 Å². The van der Waals surface area contributed by atoms with Crippen LogP contribution in [0.1, 0.15) is 5.01 Å². The van der Waals surface area contributed by atoms with Crippen molar-refractivity contribution in [3.63, 3.8) is 0 Å². The fourth-order valence-electron chi connectivity index (χ4n) is 0.259. The van der Waals surface area contributed by atoms with E-state index in [1.54, 1.807) is 11.3 Å². The quantitative estimate of drug-likeness (QED) is 0.525. The molecule has 4 heteroatoms. The highest BCUT2D eigenvalue weighted by Crippen LogP contribution is 2.09. The van der Waals surface area contributed by atoms with Crippen molar-refractivity contribution in [1.29, 1.82) is 0 Å². The summed E-state index contributed by atoms with van der Waals surface area (Å²) in [7, 11) is 0. The molecule has 0 aliphatic heterocycles. The molecule has 0 aliphatic carbocycles. The van der Waals surface area contributed by atoms with Gasteiger partial charge in [0, 0.05) is 0 Å². The molecule has 0 bridgehead atoms. The Morgan fingerprint density at radius 2 is 2.43 bits per heavy atom. The normalized spacial score (nSPS) is 9.29. The monoisotopic (exact) mass is 149 g/mol. The molecule has 0 amide bonds. The molecule has 1 aromatic heterocycles. The van der Waals surface area contributed by atoms with Crippen LogP contribution in [0, 0.1) is 10.1 Å². The van der Waals surface area contributed by atoms with Crippen LogP contribution in [0.25, 0.3) is 0 Å². The molecule has 1 aromatic rings. The van der Waals surface area contributed by atoms with Crippen molar-refractivity contribution in [2.75, 3.05) is 0 Å². The smallest absolute Gasteiger partial charge is 0.163 e. The standard InChI is InChI=1S/C3H3NS3/c1-2-4-7-3(5)6-2/h1H3. The highest BCUT2D eigenvalue weighted by atomic mass is 32.2. The fraction of sp³-hybridized carbons (Fsp3) is 0.333. The van der Waals surface area contributed by atoms with E-state index in [0.29, 0.717) is 0 Å². The summed E-state index contributed by atoms with van der Waals surface area (Å²) in [6.07, 6.45) is 0. The first-order chi connectivity index (χ1) is 3.29. The van der Waals surface area contributed by atoms with Crippen molar-refractivity contribution in [1.82, 2.24) is 4.37 Å². The Morgan fingerprint density at radius 3 is 2.57 bits per heavy atom. The summed E-state index contributed by atoms with van der Waals surface area (Å²) in [6, 6.07) is 0. The van der Waals surface area contributed by atoms with Crippen LogP contribution in [0.5, 0.6) is 0 Å². The Bertz CT molecular complexity index is 198. The maximum absolute atomic E-state index is 4.81. The van der Waals surface area contributed by atoms with Gasteiger partial charge in [-0.3, -0.25) is 0 Å². The van der Waals surface area contributed by atoms with Crippen molar-refractivity contribution in [3.8, 4) is 0 Å². The zero-order valence-electron chi connectivity index (χ0n) is 3.67. The lowest BCUT2D eigenvalue weighted by atomic mass is 10.9. The van der Waals surface area contributed by atoms with E-state index >= 15 is 0 Å². The van der Waals surface area contributed by atoms with E-state index in [1.165, 1.54) is 11.5 Å². The van der Waals surface area contributed by atoms with Crippen LogP contribution in [-0.2, 0) is 0 Å². The lowest BCUT2D eigenvalue weighted by Gasteiger charge is -1.62. The molecular formula is C3H3NS3. The zero-order chi connectivity index (χ0) is 5.28. The van der Waals surface area contributed by atoms with E-state index in [1.807, 2.05) is 6.92 Å². The molecule has 38 valence electrons. The van der Waals surface area contributed by atoms with Gasteiger partial charge in [-0.2, -0.15) is 4.37 Å². The number of aromatic nitrogens is 1. The number of rotatable bonds is 0. The Balaban J connectivity index is 3.30. The van der Waals surface area contributed by atoms with Crippen molar-refractivity contribution in [2.24, 2.45) is 0 Å². The van der Waals surface area contributed by atoms with E-state index < -0.39 is 0 Å². The van der Waals surface area contributed by atoms with Gasteiger partial charge in [0.2, 0.25) is 0 Å². The summed E-state index contributed by atoms with van der Waals surface area (Å²) < 4.78 is 4.89. The first kappa shape index (κ1) is 5.34. The Kier molecular flexibility index (Phi) is 1.51. The summed E-state index contributed by atoms with van der Waals surface area (Å²) in [4.78, 5) is 0. The van der Waals surface area contributed by atoms with Gasteiger partial charge in [-0.25, -0.2) is 0 Å². The Labute approximate surface area is 54.8 Å². The van der Waals surface area contributed by atoms with Crippen LogP contribution in [0.3, 0.4) is 0 Å². The summed E-state index contributed by atoms with van der Waals surface area (Å²) >= 11 is 7.76. The largest absolute Gasteiger partial charge is 0.185 e. The summed E-state index contributed by atoms with van der Waals surface area (Å²) in [5, 5.41) is 1.06. The van der Waals surface area contributed by atoms with E-state index in [-0.39, 0.29) is 0 Å². The first-order valence-corrected chi connectivity index (χ1v) is 3.72. The third kappa shape index (κ3) is 1.29. The van der Waals surface area contributed by atoms with Crippen LogP contribution in [0.4, 0.5) is 0 Å². The lowest BCUT2D eigenvalue weighted by Crippen LogP contribution is -1.53. The molecule has 0 fully saturated rings. The maximum atomic E-state index is 4.81. The molecule has 0 unspecified atom stereocenters. The maximum Gasteiger partial charge on any atom is 0.163 e. The molecule has 0 atom stereocenters. The van der Waals surface area contributed by atoms with E-state index in [4.69, 9.17) is 12.2 Å². The molecular weight excluding hydrogens is 146 g/mol. The third-order valence-corrected chi connectivity index (χ3v) is 2.61. The predicted octanol–water partition coefficient (Wildman–Crippen LogP) is 2.24. The lowest BCUT2D eigenvalue weighted by molar-refractivity contribution is 1.42. The second-order valence-electron chi connectivity index (χ2n) is 1.05. The molecule has 0 aliphatic rings. The number of nitrogens with zero attached hydrogens (tertiary/aromatic N) is 1. The predicted molar refractivity (Wildman–Crippen MR) is 35.6 cm³/mol. The van der Waals surface area contributed by atoms with E-state index in [9.17, 15) is 0 Å². The number of hydrogen-bond acceptors (Lipinski definition) is 4. The van der Waals surface area contributed by atoms with Crippen molar-refractivity contribution in [2.45, 2.75) is 6.92 Å². The molecule has 0 aromatic carbocycles. The minimum absolute atomic E-state index is 0.914. The van der Waals surface area contributed by atoms with Crippen LogP contribution in [0.2, 0.25) is 0 Å². The molecule has 1 rings (SSSR count). The fourth-order valence-corrected chi connectivity index (χ4v) is 2.06. The SMILES string of the molecule is Cc1nsc(=S)s1. The topological polar surface area (TPSA) is 12.9 Å². The van der Waals surface area contributed by atoms with Crippen LogP contribution in [0.15, 0.2) is 0 Å². The molecule has 1 nitrogen and oxygen atoms in total. The van der Waals surface area contributed by atoms with Gasteiger partial charge in [0.25, 0.3) is 0 Å². The molecule has 1 heterocycles.